The number of nitrogens with zero attached hydrogens (tertiary/aromatic N) is 2. The second-order valence-corrected chi connectivity index (χ2v) is 4.41. The smallest absolute Gasteiger partial charge is 0.318 e. The molecule has 2 aliphatic heterocycles. The molecule has 0 bridgehead atoms. The van der Waals surface area contributed by atoms with E-state index in [4.69, 9.17) is 4.74 Å². The van der Waals surface area contributed by atoms with Crippen LogP contribution in [0.25, 0.3) is 0 Å². The Morgan fingerprint density at radius 3 is 3.12 bits per heavy atom. The number of rotatable bonds is 2. The third kappa shape index (κ3) is 2.69. The van der Waals surface area contributed by atoms with E-state index in [0.29, 0.717) is 19.5 Å². The van der Waals surface area contributed by atoms with Crippen molar-refractivity contribution in [2.45, 2.75) is 25.4 Å². The molecule has 0 saturated carbocycles. The first-order chi connectivity index (χ1) is 8.22. The van der Waals surface area contributed by atoms with Crippen LogP contribution in [0.5, 0.6) is 0 Å². The molecule has 1 N–H and O–H groups in total. The molecule has 0 aromatic rings. The average molecular weight is 240 g/mol. The molecule has 1 radical (unpaired) electrons. The number of methoxy groups -OCH3 is 1. The summed E-state index contributed by atoms with van der Waals surface area (Å²) in [6, 6.07) is -0.0736. The zero-order chi connectivity index (χ0) is 12.3. The van der Waals surface area contributed by atoms with Crippen molar-refractivity contribution in [2.24, 2.45) is 5.92 Å². The second-order valence-electron chi connectivity index (χ2n) is 4.41. The molecule has 0 aromatic carbocycles. The van der Waals surface area contributed by atoms with Crippen LogP contribution < -0.4 is 10.6 Å². The fraction of sp³-hybridized carbons (Fsp3) is 0.818. The number of piperidine rings is 1. The van der Waals surface area contributed by atoms with Gasteiger partial charge in [0.1, 0.15) is 6.17 Å². The Morgan fingerprint density at radius 2 is 2.41 bits per heavy atom. The van der Waals surface area contributed by atoms with Crippen LogP contribution >= 0.6 is 0 Å². The molecule has 95 valence electrons. The van der Waals surface area contributed by atoms with Gasteiger partial charge in [0.15, 0.2) is 0 Å². The molecule has 2 saturated heterocycles. The molecule has 17 heavy (non-hydrogen) atoms. The third-order valence-electron chi connectivity index (χ3n) is 3.32. The monoisotopic (exact) mass is 240 g/mol. The van der Waals surface area contributed by atoms with E-state index >= 15 is 0 Å². The Hall–Kier alpha value is -1.30. The van der Waals surface area contributed by atoms with Crippen molar-refractivity contribution >= 4 is 12.0 Å². The van der Waals surface area contributed by atoms with Crippen molar-refractivity contribution in [1.82, 2.24) is 15.5 Å². The molecule has 2 fully saturated rings. The third-order valence-corrected chi connectivity index (χ3v) is 3.32. The zero-order valence-electron chi connectivity index (χ0n) is 10.0. The number of esters is 1. The van der Waals surface area contributed by atoms with Crippen LogP contribution in [0.4, 0.5) is 4.79 Å². The summed E-state index contributed by atoms with van der Waals surface area (Å²) >= 11 is 0. The van der Waals surface area contributed by atoms with Gasteiger partial charge in [0.2, 0.25) is 0 Å². The minimum atomic E-state index is -0.192. The molecular formula is C11H18N3O3. The number of hydrogen-bond acceptors (Lipinski definition) is 3. The zero-order valence-corrected chi connectivity index (χ0v) is 10.0. The van der Waals surface area contributed by atoms with Crippen LogP contribution in [0, 0.1) is 5.92 Å². The molecule has 0 spiro atoms. The minimum absolute atomic E-state index is 0.0736. The summed E-state index contributed by atoms with van der Waals surface area (Å²) < 4.78 is 4.75. The maximum absolute atomic E-state index is 11.7. The molecule has 2 amide bonds. The first kappa shape index (κ1) is 12.2. The lowest BCUT2D eigenvalue weighted by Gasteiger charge is -2.38. The summed E-state index contributed by atoms with van der Waals surface area (Å²) in [4.78, 5) is 24.9. The molecule has 2 atom stereocenters. The SMILES string of the molecule is COC(=O)C1CC[N]C(N2CCCNC2=O)C1. The van der Waals surface area contributed by atoms with E-state index in [2.05, 4.69) is 10.6 Å². The Labute approximate surface area is 101 Å². The Balaban J connectivity index is 1.96. The van der Waals surface area contributed by atoms with Gasteiger partial charge in [0.25, 0.3) is 0 Å². The van der Waals surface area contributed by atoms with Crippen molar-refractivity contribution in [2.75, 3.05) is 26.7 Å². The second kappa shape index (κ2) is 5.35. The topological polar surface area (TPSA) is 72.7 Å². The van der Waals surface area contributed by atoms with Gasteiger partial charge in [-0.1, -0.05) is 0 Å². The van der Waals surface area contributed by atoms with Crippen LogP contribution in [0.1, 0.15) is 19.3 Å². The molecule has 2 rings (SSSR count). The van der Waals surface area contributed by atoms with Gasteiger partial charge in [-0.25, -0.2) is 10.1 Å². The standard InChI is InChI=1S/C11H18N3O3/c1-17-10(15)8-3-5-12-9(7-8)14-6-2-4-13-11(14)16/h8-9H,2-7H2,1H3,(H,13,16). The summed E-state index contributed by atoms with van der Waals surface area (Å²) in [6.45, 7) is 2.06. The van der Waals surface area contributed by atoms with E-state index in [1.54, 1.807) is 4.90 Å². The lowest BCUT2D eigenvalue weighted by atomic mass is 9.95. The number of urea groups is 1. The lowest BCUT2D eigenvalue weighted by molar-refractivity contribution is -0.147. The quantitative estimate of drug-likeness (QED) is 0.686. The van der Waals surface area contributed by atoms with Crippen molar-refractivity contribution in [3.05, 3.63) is 0 Å². The molecule has 6 heteroatoms. The number of hydrogen-bond donors (Lipinski definition) is 1. The fourth-order valence-electron chi connectivity index (χ4n) is 2.36. The van der Waals surface area contributed by atoms with Gasteiger partial charge in [-0.3, -0.25) is 4.79 Å². The summed E-state index contributed by atoms with van der Waals surface area (Å²) in [5.74, 6) is -0.320. The van der Waals surface area contributed by atoms with Gasteiger partial charge in [-0.05, 0) is 19.3 Å². The normalized spacial score (nSPS) is 29.7. The highest BCUT2D eigenvalue weighted by atomic mass is 16.5. The van der Waals surface area contributed by atoms with Crippen LogP contribution in [-0.2, 0) is 9.53 Å². The van der Waals surface area contributed by atoms with Gasteiger partial charge >= 0.3 is 12.0 Å². The van der Waals surface area contributed by atoms with Crippen LogP contribution in [-0.4, -0.2) is 49.8 Å². The van der Waals surface area contributed by atoms with E-state index in [1.165, 1.54) is 7.11 Å². The maximum atomic E-state index is 11.7. The van der Waals surface area contributed by atoms with Crippen molar-refractivity contribution < 1.29 is 14.3 Å². The largest absolute Gasteiger partial charge is 0.469 e. The number of carbonyl (C=O) groups is 2. The first-order valence-electron chi connectivity index (χ1n) is 6.01. The van der Waals surface area contributed by atoms with E-state index in [-0.39, 0.29) is 24.1 Å². The Kier molecular flexibility index (Phi) is 3.83. The lowest BCUT2D eigenvalue weighted by Crippen LogP contribution is -2.56. The highest BCUT2D eigenvalue weighted by Gasteiger charge is 2.34. The van der Waals surface area contributed by atoms with Gasteiger partial charge in [0.05, 0.1) is 13.0 Å². The van der Waals surface area contributed by atoms with Crippen molar-refractivity contribution in [3.8, 4) is 0 Å². The van der Waals surface area contributed by atoms with Crippen molar-refractivity contribution in [3.63, 3.8) is 0 Å². The minimum Gasteiger partial charge on any atom is -0.469 e. The van der Waals surface area contributed by atoms with Gasteiger partial charge in [-0.15, -0.1) is 0 Å². The van der Waals surface area contributed by atoms with E-state index in [9.17, 15) is 9.59 Å². The van der Waals surface area contributed by atoms with E-state index < -0.39 is 0 Å². The molecule has 0 aliphatic carbocycles. The highest BCUT2D eigenvalue weighted by Crippen LogP contribution is 2.22. The van der Waals surface area contributed by atoms with E-state index in [1.807, 2.05) is 0 Å². The number of carbonyl (C=O) groups excluding carboxylic acids is 2. The summed E-state index contributed by atoms with van der Waals surface area (Å²) in [6.07, 6.45) is 2.06. The summed E-state index contributed by atoms with van der Waals surface area (Å²) in [5.41, 5.74) is 0. The van der Waals surface area contributed by atoms with Gasteiger partial charge in [-0.2, -0.15) is 0 Å². The first-order valence-corrected chi connectivity index (χ1v) is 6.01. The molecule has 6 nitrogen and oxygen atoms in total. The number of amides is 2. The summed E-state index contributed by atoms with van der Waals surface area (Å²) in [5, 5.41) is 7.23. The Bertz CT molecular complexity index is 308. The van der Waals surface area contributed by atoms with Gasteiger partial charge in [0, 0.05) is 19.6 Å². The molecular weight excluding hydrogens is 222 g/mol. The molecule has 2 heterocycles. The molecule has 0 aromatic heterocycles. The predicted molar refractivity (Wildman–Crippen MR) is 60.3 cm³/mol. The number of ether oxygens (including phenoxy) is 1. The number of nitrogens with one attached hydrogen (secondary N) is 1. The molecule has 2 aliphatic rings. The van der Waals surface area contributed by atoms with Crippen molar-refractivity contribution in [1.29, 1.82) is 0 Å². The predicted octanol–water partition coefficient (Wildman–Crippen LogP) is -0.0848. The highest BCUT2D eigenvalue weighted by molar-refractivity contribution is 5.76. The van der Waals surface area contributed by atoms with Crippen LogP contribution in [0.15, 0.2) is 0 Å². The van der Waals surface area contributed by atoms with E-state index in [0.717, 1.165) is 19.4 Å². The van der Waals surface area contributed by atoms with Gasteiger partial charge < -0.3 is 15.0 Å². The van der Waals surface area contributed by atoms with Crippen LogP contribution in [0.3, 0.4) is 0 Å². The fourth-order valence-corrected chi connectivity index (χ4v) is 2.36. The van der Waals surface area contributed by atoms with Crippen LogP contribution in [0.2, 0.25) is 0 Å². The average Bonchev–Trinajstić information content (AvgIpc) is 2.38. The Morgan fingerprint density at radius 1 is 1.59 bits per heavy atom. The maximum Gasteiger partial charge on any atom is 0.318 e. The molecule has 2 unspecified atom stereocenters. The summed E-state index contributed by atoms with van der Waals surface area (Å²) in [7, 11) is 1.40.